The summed E-state index contributed by atoms with van der Waals surface area (Å²) in [5, 5.41) is 9.11. The van der Waals surface area contributed by atoms with Gasteiger partial charge in [0.2, 0.25) is 0 Å². The molecule has 0 radical (unpaired) electrons. The summed E-state index contributed by atoms with van der Waals surface area (Å²) in [7, 11) is 1.56. The molecule has 0 amide bonds. The molecule has 0 bridgehead atoms. The Kier molecular flexibility index (Phi) is 4.38. The third-order valence-electron chi connectivity index (χ3n) is 3.04. The molecule has 5 heteroatoms. The number of nitriles is 1. The van der Waals surface area contributed by atoms with Gasteiger partial charge in [0.15, 0.2) is 0 Å². The quantitative estimate of drug-likeness (QED) is 0.897. The van der Waals surface area contributed by atoms with Crippen LogP contribution < -0.4 is 10.5 Å². The third kappa shape index (κ3) is 3.16. The van der Waals surface area contributed by atoms with Crippen LogP contribution in [0.15, 0.2) is 30.6 Å². The van der Waals surface area contributed by atoms with Gasteiger partial charge in [0.1, 0.15) is 17.6 Å². The van der Waals surface area contributed by atoms with E-state index in [-0.39, 0.29) is 6.04 Å². The molecule has 104 valence electrons. The molecular weight excluding hydrogens is 252 g/mol. The summed E-state index contributed by atoms with van der Waals surface area (Å²) >= 11 is 0. The van der Waals surface area contributed by atoms with Crippen LogP contribution >= 0.6 is 0 Å². The highest BCUT2D eigenvalue weighted by atomic mass is 16.5. The lowest BCUT2D eigenvalue weighted by atomic mass is 10.1. The number of benzene rings is 1. The zero-order valence-electron chi connectivity index (χ0n) is 11.7. The highest BCUT2D eigenvalue weighted by molar-refractivity contribution is 5.45. The first kappa shape index (κ1) is 14.1. The Morgan fingerprint density at radius 1 is 1.50 bits per heavy atom. The van der Waals surface area contributed by atoms with Crippen LogP contribution in [0, 0.1) is 11.3 Å². The average Bonchev–Trinajstić information content (AvgIpc) is 2.85. The molecule has 1 unspecified atom stereocenters. The van der Waals surface area contributed by atoms with Crippen LogP contribution in [0.4, 0.5) is 0 Å². The molecule has 1 aromatic heterocycles. The lowest BCUT2D eigenvalue weighted by Crippen LogP contribution is -2.20. The molecule has 2 N–H and O–H groups in total. The molecule has 1 heterocycles. The topological polar surface area (TPSA) is 76.9 Å². The number of hydrogen-bond donors (Lipinski definition) is 1. The van der Waals surface area contributed by atoms with E-state index >= 15 is 0 Å². The Morgan fingerprint density at radius 2 is 2.30 bits per heavy atom. The predicted molar refractivity (Wildman–Crippen MR) is 76.4 cm³/mol. The summed E-state index contributed by atoms with van der Waals surface area (Å²) in [6.07, 6.45) is 4.43. The maximum atomic E-state index is 9.11. The van der Waals surface area contributed by atoms with Crippen LogP contribution in [0.1, 0.15) is 23.9 Å². The minimum absolute atomic E-state index is 0.0710. The second-order valence-corrected chi connectivity index (χ2v) is 4.80. The molecule has 0 fully saturated rings. The monoisotopic (exact) mass is 270 g/mol. The lowest BCUT2D eigenvalue weighted by molar-refractivity contribution is 0.413. The largest absolute Gasteiger partial charge is 0.495 e. The van der Waals surface area contributed by atoms with Crippen molar-refractivity contribution in [2.45, 2.75) is 25.9 Å². The van der Waals surface area contributed by atoms with E-state index in [9.17, 15) is 0 Å². The molecule has 0 aliphatic rings. The fourth-order valence-electron chi connectivity index (χ4n) is 2.10. The van der Waals surface area contributed by atoms with Gasteiger partial charge in [-0.1, -0.05) is 6.07 Å². The molecule has 0 saturated heterocycles. The number of hydrogen-bond acceptors (Lipinski definition) is 4. The average molecular weight is 270 g/mol. The first-order chi connectivity index (χ1) is 9.63. The minimum atomic E-state index is 0.0710. The van der Waals surface area contributed by atoms with Crippen molar-refractivity contribution in [1.82, 2.24) is 9.55 Å². The van der Waals surface area contributed by atoms with E-state index in [0.717, 1.165) is 17.8 Å². The molecule has 0 aliphatic heterocycles. The second kappa shape index (κ2) is 6.22. The molecule has 2 rings (SSSR count). The van der Waals surface area contributed by atoms with Gasteiger partial charge in [-0.3, -0.25) is 0 Å². The Morgan fingerprint density at radius 3 is 2.95 bits per heavy atom. The molecule has 0 spiro atoms. The van der Waals surface area contributed by atoms with E-state index in [4.69, 9.17) is 15.7 Å². The van der Waals surface area contributed by atoms with Gasteiger partial charge in [-0.05, 0) is 24.6 Å². The Labute approximate surface area is 118 Å². The van der Waals surface area contributed by atoms with Crippen molar-refractivity contribution in [2.24, 2.45) is 5.73 Å². The second-order valence-electron chi connectivity index (χ2n) is 4.80. The van der Waals surface area contributed by atoms with Crippen molar-refractivity contribution < 1.29 is 4.74 Å². The molecular formula is C15H18N4O. The van der Waals surface area contributed by atoms with E-state index in [1.165, 1.54) is 0 Å². The molecule has 5 nitrogen and oxygen atoms in total. The van der Waals surface area contributed by atoms with Crippen LogP contribution in [0.3, 0.4) is 0 Å². The van der Waals surface area contributed by atoms with Crippen molar-refractivity contribution in [3.63, 3.8) is 0 Å². The van der Waals surface area contributed by atoms with E-state index in [1.807, 2.05) is 35.9 Å². The molecule has 1 aromatic carbocycles. The number of imidazole rings is 1. The van der Waals surface area contributed by atoms with E-state index in [1.54, 1.807) is 13.3 Å². The number of rotatable bonds is 5. The summed E-state index contributed by atoms with van der Waals surface area (Å²) in [6.45, 7) is 2.63. The van der Waals surface area contributed by atoms with Crippen molar-refractivity contribution in [3.8, 4) is 11.8 Å². The van der Waals surface area contributed by atoms with Gasteiger partial charge in [0.05, 0.1) is 12.7 Å². The summed E-state index contributed by atoms with van der Waals surface area (Å²) in [5.41, 5.74) is 7.39. The number of nitrogens with zero attached hydrogens (tertiary/aromatic N) is 3. The van der Waals surface area contributed by atoms with Crippen LogP contribution in [0.5, 0.6) is 5.75 Å². The standard InChI is InChI=1S/C15H18N4O/c1-11(17)7-15-18-5-6-19(15)10-12-3-4-14(20-2)13(8-12)9-16/h3-6,8,11H,7,10,17H2,1-2H3. The summed E-state index contributed by atoms with van der Waals surface area (Å²) in [6, 6.07) is 7.83. The van der Waals surface area contributed by atoms with Crippen LogP contribution in [0.25, 0.3) is 0 Å². The van der Waals surface area contributed by atoms with Gasteiger partial charge in [0, 0.05) is 31.4 Å². The van der Waals surface area contributed by atoms with Gasteiger partial charge in [0.25, 0.3) is 0 Å². The predicted octanol–water partition coefficient (Wildman–Crippen LogP) is 1.70. The normalized spacial score (nSPS) is 11.9. The van der Waals surface area contributed by atoms with E-state index < -0.39 is 0 Å². The number of nitrogens with two attached hydrogens (primary N) is 1. The Balaban J connectivity index is 2.23. The molecule has 0 aliphatic carbocycles. The van der Waals surface area contributed by atoms with Crippen molar-refractivity contribution >= 4 is 0 Å². The van der Waals surface area contributed by atoms with Crippen LogP contribution in [-0.2, 0) is 13.0 Å². The zero-order chi connectivity index (χ0) is 14.5. The highest BCUT2D eigenvalue weighted by Crippen LogP contribution is 2.19. The Bertz CT molecular complexity index is 625. The molecule has 1 atom stereocenters. The van der Waals surface area contributed by atoms with Crippen molar-refractivity contribution in [3.05, 3.63) is 47.5 Å². The van der Waals surface area contributed by atoms with Crippen LogP contribution in [0.2, 0.25) is 0 Å². The van der Waals surface area contributed by atoms with Crippen molar-refractivity contribution in [2.75, 3.05) is 7.11 Å². The van der Waals surface area contributed by atoms with E-state index in [2.05, 4.69) is 11.1 Å². The molecule has 20 heavy (non-hydrogen) atoms. The number of methoxy groups -OCH3 is 1. The maximum Gasteiger partial charge on any atom is 0.136 e. The third-order valence-corrected chi connectivity index (χ3v) is 3.04. The summed E-state index contributed by atoms with van der Waals surface area (Å²) in [4.78, 5) is 4.32. The smallest absolute Gasteiger partial charge is 0.136 e. The number of ether oxygens (including phenoxy) is 1. The molecule has 2 aromatic rings. The SMILES string of the molecule is COc1ccc(Cn2ccnc2CC(C)N)cc1C#N. The van der Waals surface area contributed by atoms with Gasteiger partial charge in [-0.15, -0.1) is 0 Å². The first-order valence-electron chi connectivity index (χ1n) is 6.46. The fourth-order valence-corrected chi connectivity index (χ4v) is 2.10. The number of aromatic nitrogens is 2. The van der Waals surface area contributed by atoms with Crippen LogP contribution in [-0.4, -0.2) is 22.7 Å². The summed E-state index contributed by atoms with van der Waals surface area (Å²) < 4.78 is 7.19. The highest BCUT2D eigenvalue weighted by Gasteiger charge is 2.08. The summed E-state index contributed by atoms with van der Waals surface area (Å²) in [5.74, 6) is 1.55. The Hall–Kier alpha value is -2.32. The van der Waals surface area contributed by atoms with Gasteiger partial charge in [-0.25, -0.2) is 4.98 Å². The minimum Gasteiger partial charge on any atom is -0.495 e. The maximum absolute atomic E-state index is 9.11. The zero-order valence-corrected chi connectivity index (χ0v) is 11.7. The van der Waals surface area contributed by atoms with E-state index in [0.29, 0.717) is 17.9 Å². The van der Waals surface area contributed by atoms with Gasteiger partial charge >= 0.3 is 0 Å². The van der Waals surface area contributed by atoms with Crippen molar-refractivity contribution in [1.29, 1.82) is 5.26 Å². The van der Waals surface area contributed by atoms with Gasteiger partial charge in [-0.2, -0.15) is 5.26 Å². The first-order valence-corrected chi connectivity index (χ1v) is 6.46. The van der Waals surface area contributed by atoms with Gasteiger partial charge < -0.3 is 15.0 Å². The molecule has 0 saturated carbocycles. The fraction of sp³-hybridized carbons (Fsp3) is 0.333. The lowest BCUT2D eigenvalue weighted by Gasteiger charge is -2.11.